The first kappa shape index (κ1) is 24.5. The SMILES string of the molecule is Cc1ccc(B2OC(C)(C)C(C)(C)O2)cc1C(=O)N[C@@H]1CN(C(=O)OC(C)(C)C)C[C@H]1F. The van der Waals surface area contributed by atoms with Gasteiger partial charge in [0, 0.05) is 12.1 Å². The van der Waals surface area contributed by atoms with E-state index in [9.17, 15) is 14.0 Å². The van der Waals surface area contributed by atoms with E-state index in [1.165, 1.54) is 4.90 Å². The fourth-order valence-corrected chi connectivity index (χ4v) is 3.63. The van der Waals surface area contributed by atoms with E-state index in [2.05, 4.69) is 5.32 Å². The van der Waals surface area contributed by atoms with Crippen LogP contribution < -0.4 is 10.8 Å². The lowest BCUT2D eigenvalue weighted by Crippen LogP contribution is -2.43. The molecular formula is C23H34BFN2O5. The first-order valence-corrected chi connectivity index (χ1v) is 11.0. The second-order valence-corrected chi connectivity index (χ2v) is 10.6. The maximum Gasteiger partial charge on any atom is 0.494 e. The molecule has 0 saturated carbocycles. The molecule has 3 rings (SSSR count). The van der Waals surface area contributed by atoms with Crippen LogP contribution in [0.1, 0.15) is 64.4 Å². The summed E-state index contributed by atoms with van der Waals surface area (Å²) < 4.78 is 32.1. The molecule has 0 bridgehead atoms. The molecule has 1 aromatic carbocycles. The summed E-state index contributed by atoms with van der Waals surface area (Å²) in [7, 11) is -0.602. The minimum Gasteiger partial charge on any atom is -0.444 e. The van der Waals surface area contributed by atoms with Crippen LogP contribution in [-0.4, -0.2) is 66.1 Å². The number of hydrogen-bond acceptors (Lipinski definition) is 5. The Balaban J connectivity index is 1.71. The van der Waals surface area contributed by atoms with Gasteiger partial charge in [-0.15, -0.1) is 0 Å². The largest absolute Gasteiger partial charge is 0.494 e. The Morgan fingerprint density at radius 3 is 2.31 bits per heavy atom. The quantitative estimate of drug-likeness (QED) is 0.720. The van der Waals surface area contributed by atoms with Gasteiger partial charge < -0.3 is 24.3 Å². The highest BCUT2D eigenvalue weighted by Crippen LogP contribution is 2.36. The third kappa shape index (κ3) is 5.09. The zero-order valence-corrected chi connectivity index (χ0v) is 20.2. The molecule has 2 fully saturated rings. The molecule has 2 aliphatic rings. The number of nitrogens with zero attached hydrogens (tertiary/aromatic N) is 1. The van der Waals surface area contributed by atoms with Crippen LogP contribution in [0.2, 0.25) is 0 Å². The van der Waals surface area contributed by atoms with Crippen LogP contribution in [0.4, 0.5) is 9.18 Å². The van der Waals surface area contributed by atoms with Gasteiger partial charge in [0.15, 0.2) is 0 Å². The van der Waals surface area contributed by atoms with Crippen LogP contribution in [0.5, 0.6) is 0 Å². The lowest BCUT2D eigenvalue weighted by atomic mass is 9.77. The number of aryl methyl sites for hydroxylation is 1. The number of carbonyl (C=O) groups is 2. The van der Waals surface area contributed by atoms with Gasteiger partial charge in [-0.3, -0.25) is 4.79 Å². The van der Waals surface area contributed by atoms with Gasteiger partial charge >= 0.3 is 13.2 Å². The Morgan fingerprint density at radius 1 is 1.16 bits per heavy atom. The molecule has 0 spiro atoms. The smallest absolute Gasteiger partial charge is 0.444 e. The molecule has 32 heavy (non-hydrogen) atoms. The van der Waals surface area contributed by atoms with Gasteiger partial charge in [0.25, 0.3) is 5.91 Å². The predicted molar refractivity (Wildman–Crippen MR) is 121 cm³/mol. The lowest BCUT2D eigenvalue weighted by molar-refractivity contribution is 0.00578. The van der Waals surface area contributed by atoms with Crippen molar-refractivity contribution in [3.8, 4) is 0 Å². The minimum absolute atomic E-state index is 0.0534. The molecule has 0 radical (unpaired) electrons. The number of hydrogen-bond donors (Lipinski definition) is 1. The molecule has 9 heteroatoms. The van der Waals surface area contributed by atoms with E-state index in [0.29, 0.717) is 5.56 Å². The van der Waals surface area contributed by atoms with Crippen molar-refractivity contribution in [2.75, 3.05) is 13.1 Å². The van der Waals surface area contributed by atoms with Crippen molar-refractivity contribution < 1.29 is 28.0 Å². The first-order chi connectivity index (χ1) is 14.6. The Hall–Kier alpha value is -2.13. The summed E-state index contributed by atoms with van der Waals surface area (Å²) in [6.45, 7) is 14.9. The van der Waals surface area contributed by atoms with Crippen LogP contribution >= 0.6 is 0 Å². The lowest BCUT2D eigenvalue weighted by Gasteiger charge is -2.32. The van der Waals surface area contributed by atoms with Gasteiger partial charge in [-0.1, -0.05) is 12.1 Å². The molecule has 2 heterocycles. The Kier molecular flexibility index (Phi) is 6.39. The standard InChI is InChI=1S/C23H34BFN2O5/c1-14-9-10-15(24-31-22(5,6)23(7,8)32-24)11-16(14)19(28)26-18-13-27(12-17(18)25)20(29)30-21(2,3)4/h9-11,17-18H,12-13H2,1-8H3,(H,26,28)/t17-,18-/m1/s1. The third-order valence-electron chi connectivity index (χ3n) is 6.25. The van der Waals surface area contributed by atoms with Gasteiger partial charge in [-0.25, -0.2) is 9.18 Å². The summed E-state index contributed by atoms with van der Waals surface area (Å²) in [5.74, 6) is -0.403. The van der Waals surface area contributed by atoms with Gasteiger partial charge in [0.05, 0.1) is 23.8 Å². The van der Waals surface area contributed by atoms with Crippen molar-refractivity contribution in [2.45, 2.75) is 84.4 Å². The summed E-state index contributed by atoms with van der Waals surface area (Å²) >= 11 is 0. The number of benzene rings is 1. The van der Waals surface area contributed by atoms with Gasteiger partial charge in [-0.05, 0) is 72.5 Å². The average molecular weight is 448 g/mol. The molecule has 2 aliphatic heterocycles. The summed E-state index contributed by atoms with van der Waals surface area (Å²) in [5, 5.41) is 2.74. The van der Waals surface area contributed by atoms with E-state index in [4.69, 9.17) is 14.0 Å². The van der Waals surface area contributed by atoms with Crippen molar-refractivity contribution >= 4 is 24.6 Å². The van der Waals surface area contributed by atoms with Crippen molar-refractivity contribution in [1.29, 1.82) is 0 Å². The third-order valence-corrected chi connectivity index (χ3v) is 6.25. The maximum atomic E-state index is 14.6. The maximum absolute atomic E-state index is 14.6. The predicted octanol–water partition coefficient (Wildman–Crippen LogP) is 2.98. The molecule has 2 atom stereocenters. The topological polar surface area (TPSA) is 77.1 Å². The second-order valence-electron chi connectivity index (χ2n) is 10.6. The van der Waals surface area contributed by atoms with E-state index in [1.807, 2.05) is 46.8 Å². The Morgan fingerprint density at radius 2 is 1.75 bits per heavy atom. The van der Waals surface area contributed by atoms with Crippen LogP contribution in [0.3, 0.4) is 0 Å². The van der Waals surface area contributed by atoms with E-state index in [-0.39, 0.29) is 13.1 Å². The average Bonchev–Trinajstić information content (AvgIpc) is 3.10. The number of rotatable bonds is 3. The highest BCUT2D eigenvalue weighted by molar-refractivity contribution is 6.62. The number of likely N-dealkylation sites (tertiary alicyclic amines) is 1. The second kappa shape index (κ2) is 8.34. The summed E-state index contributed by atoms with van der Waals surface area (Å²) in [5.41, 5.74) is 0.219. The molecule has 176 valence electrons. The van der Waals surface area contributed by atoms with E-state index in [1.54, 1.807) is 26.8 Å². The minimum atomic E-state index is -1.38. The molecule has 7 nitrogen and oxygen atoms in total. The fourth-order valence-electron chi connectivity index (χ4n) is 3.63. The number of amides is 2. The van der Waals surface area contributed by atoms with E-state index < -0.39 is 48.1 Å². The normalized spacial score (nSPS) is 24.5. The molecule has 0 aromatic heterocycles. The van der Waals surface area contributed by atoms with E-state index in [0.717, 1.165) is 11.0 Å². The van der Waals surface area contributed by atoms with Crippen molar-refractivity contribution in [3.63, 3.8) is 0 Å². The van der Waals surface area contributed by atoms with Crippen molar-refractivity contribution in [1.82, 2.24) is 10.2 Å². The van der Waals surface area contributed by atoms with E-state index >= 15 is 0 Å². The number of nitrogens with one attached hydrogen (secondary N) is 1. The van der Waals surface area contributed by atoms with Crippen LogP contribution in [-0.2, 0) is 14.0 Å². The molecule has 1 N–H and O–H groups in total. The van der Waals surface area contributed by atoms with Crippen molar-refractivity contribution in [2.24, 2.45) is 0 Å². The van der Waals surface area contributed by atoms with Gasteiger partial charge in [0.1, 0.15) is 11.8 Å². The Bertz CT molecular complexity index is 883. The summed E-state index contributed by atoms with van der Waals surface area (Å²) in [4.78, 5) is 26.5. The van der Waals surface area contributed by atoms with Crippen LogP contribution in [0.15, 0.2) is 18.2 Å². The summed E-state index contributed by atoms with van der Waals surface area (Å²) in [6.07, 6.45) is -1.96. The van der Waals surface area contributed by atoms with Crippen LogP contribution in [0, 0.1) is 6.92 Å². The van der Waals surface area contributed by atoms with Gasteiger partial charge in [-0.2, -0.15) is 0 Å². The number of halogens is 1. The number of alkyl halides is 1. The Labute approximate surface area is 190 Å². The monoisotopic (exact) mass is 448 g/mol. The number of ether oxygens (including phenoxy) is 1. The molecule has 2 amide bonds. The first-order valence-electron chi connectivity index (χ1n) is 11.0. The molecular weight excluding hydrogens is 414 g/mol. The molecule has 0 unspecified atom stereocenters. The van der Waals surface area contributed by atoms with Crippen molar-refractivity contribution in [3.05, 3.63) is 29.3 Å². The summed E-state index contributed by atoms with van der Waals surface area (Å²) in [6, 6.07) is 4.60. The fraction of sp³-hybridized carbons (Fsp3) is 0.652. The zero-order chi connectivity index (χ0) is 24.1. The molecule has 2 saturated heterocycles. The zero-order valence-electron chi connectivity index (χ0n) is 20.2. The highest BCUT2D eigenvalue weighted by Gasteiger charge is 2.51. The molecule has 0 aliphatic carbocycles. The van der Waals surface area contributed by atoms with Gasteiger partial charge in [0.2, 0.25) is 0 Å². The molecule has 1 aromatic rings. The van der Waals surface area contributed by atoms with Crippen LogP contribution in [0.25, 0.3) is 0 Å². The highest BCUT2D eigenvalue weighted by atomic mass is 19.1. The number of carbonyl (C=O) groups excluding carboxylic acids is 2.